The molecule has 0 spiro atoms. The van der Waals surface area contributed by atoms with Crippen molar-refractivity contribution in [1.29, 1.82) is 0 Å². The summed E-state index contributed by atoms with van der Waals surface area (Å²) in [5.74, 6) is 0.683. The zero-order valence-corrected chi connectivity index (χ0v) is 23.4. The van der Waals surface area contributed by atoms with E-state index in [1.807, 2.05) is 0 Å². The van der Waals surface area contributed by atoms with Crippen molar-refractivity contribution in [2.45, 2.75) is 175 Å². The fourth-order valence-corrected chi connectivity index (χ4v) is 4.78. The van der Waals surface area contributed by atoms with Crippen LogP contribution < -0.4 is 0 Å². The van der Waals surface area contributed by atoms with Gasteiger partial charge in [0.15, 0.2) is 0 Å². The molecule has 0 bridgehead atoms. The van der Waals surface area contributed by atoms with Crippen molar-refractivity contribution < 1.29 is 9.53 Å². The van der Waals surface area contributed by atoms with Crippen LogP contribution in [0.1, 0.15) is 175 Å². The van der Waals surface area contributed by atoms with E-state index in [0.717, 1.165) is 6.42 Å². The van der Waals surface area contributed by atoms with Gasteiger partial charge in [-0.2, -0.15) is 0 Å². The van der Waals surface area contributed by atoms with Crippen LogP contribution in [-0.4, -0.2) is 12.6 Å². The van der Waals surface area contributed by atoms with E-state index >= 15 is 0 Å². The number of hydrogen-bond acceptors (Lipinski definition) is 2. The van der Waals surface area contributed by atoms with Crippen molar-refractivity contribution in [1.82, 2.24) is 0 Å². The summed E-state index contributed by atoms with van der Waals surface area (Å²) in [6, 6.07) is 0. The Morgan fingerprint density at radius 2 is 0.848 bits per heavy atom. The van der Waals surface area contributed by atoms with Crippen LogP contribution in [0, 0.1) is 11.8 Å². The first-order valence-corrected chi connectivity index (χ1v) is 15.3. The van der Waals surface area contributed by atoms with Crippen molar-refractivity contribution in [3.63, 3.8) is 0 Å². The van der Waals surface area contributed by atoms with E-state index in [9.17, 15) is 4.79 Å². The molecule has 0 radical (unpaired) electrons. The van der Waals surface area contributed by atoms with Crippen LogP contribution in [0.15, 0.2) is 0 Å². The number of esters is 1. The highest BCUT2D eigenvalue weighted by atomic mass is 16.5. The topological polar surface area (TPSA) is 26.3 Å². The summed E-state index contributed by atoms with van der Waals surface area (Å²) in [6.07, 6.45) is 30.2. The number of carbonyl (C=O) groups excluding carboxylic acids is 1. The minimum absolute atomic E-state index is 0.0485. The molecule has 2 nitrogen and oxygen atoms in total. The molecule has 0 N–H and O–H groups in total. The van der Waals surface area contributed by atoms with E-state index in [2.05, 4.69) is 27.7 Å². The summed E-state index contributed by atoms with van der Waals surface area (Å²) in [6.45, 7) is 9.55. The summed E-state index contributed by atoms with van der Waals surface area (Å²) in [7, 11) is 0. The van der Waals surface area contributed by atoms with Gasteiger partial charge in [-0.15, -0.1) is 0 Å². The maximum atomic E-state index is 12.5. The molecule has 0 aliphatic rings. The highest BCUT2D eigenvalue weighted by Crippen LogP contribution is 2.21. The Hall–Kier alpha value is -0.530. The molecule has 0 aliphatic heterocycles. The predicted molar refractivity (Wildman–Crippen MR) is 147 cm³/mol. The summed E-state index contributed by atoms with van der Waals surface area (Å²) in [5.41, 5.74) is 0. The largest absolute Gasteiger partial charge is 0.465 e. The Kier molecular flexibility index (Phi) is 25.7. The maximum Gasteiger partial charge on any atom is 0.308 e. The molecule has 198 valence electrons. The first kappa shape index (κ1) is 32.5. The summed E-state index contributed by atoms with van der Waals surface area (Å²) in [5, 5.41) is 0. The van der Waals surface area contributed by atoms with Crippen molar-refractivity contribution in [2.24, 2.45) is 11.8 Å². The van der Waals surface area contributed by atoms with Gasteiger partial charge in [-0.1, -0.05) is 156 Å². The van der Waals surface area contributed by atoms with Crippen LogP contribution >= 0.6 is 0 Å². The quantitative estimate of drug-likeness (QED) is 0.0935. The number of unbranched alkanes of at least 4 members (excludes halogenated alkanes) is 17. The Bertz CT molecular complexity index is 392. The molecule has 0 aromatic heterocycles. The second-order valence-electron chi connectivity index (χ2n) is 10.8. The normalized spacial score (nSPS) is 13.2. The van der Waals surface area contributed by atoms with Gasteiger partial charge < -0.3 is 4.74 Å². The third-order valence-electron chi connectivity index (χ3n) is 7.29. The van der Waals surface area contributed by atoms with Gasteiger partial charge in [-0.25, -0.2) is 0 Å². The maximum absolute atomic E-state index is 12.5. The van der Waals surface area contributed by atoms with Crippen LogP contribution in [0.2, 0.25) is 0 Å². The molecule has 0 saturated heterocycles. The molecule has 2 heteroatoms. The standard InChI is InChI=1S/C31H62O2/c1-5-8-11-14-16-18-20-22-25-29(4)31(32)33-28-30(26-23-13-10-7-3)27-24-21-19-17-15-12-9-6-2/h29-30H,5-28H2,1-4H3. The first-order valence-electron chi connectivity index (χ1n) is 15.3. The Morgan fingerprint density at radius 3 is 1.27 bits per heavy atom. The van der Waals surface area contributed by atoms with E-state index in [-0.39, 0.29) is 11.9 Å². The molecule has 0 aromatic rings. The minimum atomic E-state index is 0.0485. The van der Waals surface area contributed by atoms with Gasteiger partial charge in [0, 0.05) is 0 Å². The number of hydrogen-bond donors (Lipinski definition) is 0. The van der Waals surface area contributed by atoms with Gasteiger partial charge in [0.1, 0.15) is 0 Å². The first-order chi connectivity index (χ1) is 16.2. The van der Waals surface area contributed by atoms with E-state index in [1.165, 1.54) is 141 Å². The van der Waals surface area contributed by atoms with Gasteiger partial charge in [-0.05, 0) is 25.2 Å². The van der Waals surface area contributed by atoms with E-state index < -0.39 is 0 Å². The monoisotopic (exact) mass is 466 g/mol. The van der Waals surface area contributed by atoms with Crippen LogP contribution in [-0.2, 0) is 9.53 Å². The van der Waals surface area contributed by atoms with E-state index in [0.29, 0.717) is 12.5 Å². The highest BCUT2D eigenvalue weighted by Gasteiger charge is 2.17. The van der Waals surface area contributed by atoms with Gasteiger partial charge in [0.25, 0.3) is 0 Å². The van der Waals surface area contributed by atoms with Gasteiger partial charge >= 0.3 is 5.97 Å². The Morgan fingerprint density at radius 1 is 0.515 bits per heavy atom. The highest BCUT2D eigenvalue weighted by molar-refractivity contribution is 5.71. The Labute approximate surface area is 209 Å². The fraction of sp³-hybridized carbons (Fsp3) is 0.968. The lowest BCUT2D eigenvalue weighted by atomic mass is 9.94. The fourth-order valence-electron chi connectivity index (χ4n) is 4.78. The molecule has 33 heavy (non-hydrogen) atoms. The molecular formula is C31H62O2. The number of rotatable bonds is 26. The number of ether oxygens (including phenoxy) is 1. The second kappa shape index (κ2) is 26.1. The molecule has 0 fully saturated rings. The van der Waals surface area contributed by atoms with Crippen molar-refractivity contribution in [2.75, 3.05) is 6.61 Å². The molecule has 0 rings (SSSR count). The zero-order chi connectivity index (χ0) is 24.4. The van der Waals surface area contributed by atoms with Crippen molar-refractivity contribution in [3.8, 4) is 0 Å². The molecule has 2 atom stereocenters. The average molecular weight is 467 g/mol. The lowest BCUT2D eigenvalue weighted by Crippen LogP contribution is -2.20. The summed E-state index contributed by atoms with van der Waals surface area (Å²) in [4.78, 5) is 12.5. The minimum Gasteiger partial charge on any atom is -0.465 e. The van der Waals surface area contributed by atoms with E-state index in [4.69, 9.17) is 4.74 Å². The lowest BCUT2D eigenvalue weighted by Gasteiger charge is -2.19. The van der Waals surface area contributed by atoms with Gasteiger partial charge in [0.2, 0.25) is 0 Å². The van der Waals surface area contributed by atoms with Crippen molar-refractivity contribution >= 4 is 5.97 Å². The molecule has 0 amide bonds. The molecule has 0 heterocycles. The molecule has 0 aliphatic carbocycles. The van der Waals surface area contributed by atoms with Crippen LogP contribution in [0.25, 0.3) is 0 Å². The molecular weight excluding hydrogens is 404 g/mol. The molecule has 0 aromatic carbocycles. The van der Waals surface area contributed by atoms with E-state index in [1.54, 1.807) is 0 Å². The van der Waals surface area contributed by atoms with Gasteiger partial charge in [-0.3, -0.25) is 4.79 Å². The second-order valence-corrected chi connectivity index (χ2v) is 10.8. The average Bonchev–Trinajstić information content (AvgIpc) is 2.82. The van der Waals surface area contributed by atoms with Crippen LogP contribution in [0.4, 0.5) is 0 Å². The third-order valence-corrected chi connectivity index (χ3v) is 7.29. The lowest BCUT2D eigenvalue weighted by molar-refractivity contribution is -0.149. The van der Waals surface area contributed by atoms with Crippen molar-refractivity contribution in [3.05, 3.63) is 0 Å². The summed E-state index contributed by atoms with van der Waals surface area (Å²) < 4.78 is 5.83. The third kappa shape index (κ3) is 23.0. The summed E-state index contributed by atoms with van der Waals surface area (Å²) >= 11 is 0. The van der Waals surface area contributed by atoms with Crippen LogP contribution in [0.5, 0.6) is 0 Å². The predicted octanol–water partition coefficient (Wildman–Crippen LogP) is 10.8. The molecule has 2 unspecified atom stereocenters. The zero-order valence-electron chi connectivity index (χ0n) is 23.4. The van der Waals surface area contributed by atoms with Gasteiger partial charge in [0.05, 0.1) is 12.5 Å². The Balaban J connectivity index is 4.01. The SMILES string of the molecule is CCCCCCCCCCC(CCCCCC)COC(=O)C(C)CCCCCCCCCC. The van der Waals surface area contributed by atoms with Crippen LogP contribution in [0.3, 0.4) is 0 Å². The molecule has 0 saturated carbocycles. The number of carbonyl (C=O) groups is 1. The smallest absolute Gasteiger partial charge is 0.308 e.